The molecule has 0 saturated heterocycles. The van der Waals surface area contributed by atoms with Crippen molar-refractivity contribution in [1.82, 2.24) is 15.5 Å². The smallest absolute Gasteiger partial charge is 0.281 e. The van der Waals surface area contributed by atoms with Gasteiger partial charge in [0.05, 0.1) is 4.90 Å². The average Bonchev–Trinajstić information content (AvgIpc) is 2.70. The van der Waals surface area contributed by atoms with Crippen LogP contribution in [0.1, 0.15) is 11.5 Å². The Morgan fingerprint density at radius 3 is 2.44 bits per heavy atom. The van der Waals surface area contributed by atoms with Crippen LogP contribution in [0.25, 0.3) is 0 Å². The van der Waals surface area contributed by atoms with E-state index in [-0.39, 0.29) is 10.1 Å². The summed E-state index contributed by atoms with van der Waals surface area (Å²) < 4.78 is 32.6. The van der Waals surface area contributed by atoms with Crippen molar-refractivity contribution >= 4 is 11.8 Å². The van der Waals surface area contributed by atoms with E-state index >= 15 is 0 Å². The Kier molecular flexibility index (Phi) is 3.93. The summed E-state index contributed by atoms with van der Waals surface area (Å²) in [5.41, 5.74) is 0.540. The molecule has 0 saturated carbocycles. The van der Waals surface area contributed by atoms with Crippen LogP contribution < -0.4 is 5.32 Å². The van der Waals surface area contributed by atoms with Crippen LogP contribution in [0.2, 0.25) is 0 Å². The summed E-state index contributed by atoms with van der Waals surface area (Å²) in [5.74, 6) is -0.924. The first-order valence-electron chi connectivity index (χ1n) is 5.20. The predicted octanol–water partition coefficient (Wildman–Crippen LogP) is 2.53. The highest BCUT2D eigenvalue weighted by Crippen LogP contribution is 2.31. The van der Waals surface area contributed by atoms with E-state index in [2.05, 4.69) is 15.5 Å². The highest BCUT2D eigenvalue weighted by molar-refractivity contribution is 7.99. The fourth-order valence-electron chi connectivity index (χ4n) is 1.42. The lowest BCUT2D eigenvalue weighted by molar-refractivity contribution is 0.427. The van der Waals surface area contributed by atoms with Crippen LogP contribution in [0.4, 0.5) is 8.78 Å². The minimum Gasteiger partial charge on any atom is -0.416 e. The Hall–Kier alpha value is -1.47. The Balaban J connectivity index is 2.28. The molecule has 0 atom stereocenters. The van der Waals surface area contributed by atoms with E-state index < -0.39 is 11.6 Å². The third-order valence-corrected chi connectivity index (χ3v) is 3.07. The number of nitrogens with one attached hydrogen (secondary N) is 1. The first-order chi connectivity index (χ1) is 8.60. The Morgan fingerprint density at radius 1 is 1.28 bits per heavy atom. The zero-order chi connectivity index (χ0) is 13.1. The second-order valence-electron chi connectivity index (χ2n) is 3.61. The van der Waals surface area contributed by atoms with Crippen molar-refractivity contribution in [2.75, 3.05) is 7.05 Å². The molecule has 0 aliphatic rings. The van der Waals surface area contributed by atoms with Gasteiger partial charge in [-0.25, -0.2) is 8.78 Å². The van der Waals surface area contributed by atoms with Gasteiger partial charge >= 0.3 is 0 Å². The van der Waals surface area contributed by atoms with Gasteiger partial charge in [0, 0.05) is 13.5 Å². The molecule has 0 aliphatic carbocycles. The fraction of sp³-hybridized carbons (Fsp3) is 0.273. The Labute approximate surface area is 107 Å². The van der Waals surface area contributed by atoms with Gasteiger partial charge in [-0.15, -0.1) is 10.2 Å². The summed E-state index contributed by atoms with van der Waals surface area (Å²) in [5, 5.41) is 10.2. The summed E-state index contributed by atoms with van der Waals surface area (Å²) >= 11 is 0.778. The van der Waals surface area contributed by atoms with Crippen LogP contribution in [-0.2, 0) is 6.54 Å². The van der Waals surface area contributed by atoms with Crippen LogP contribution in [0.15, 0.2) is 26.7 Å². The standard InChI is InChI=1S/C11H11F2N3OS/c1-6-15-16-11(17-6)18-10-8(12)3-7(5-14-2)4-9(10)13/h3-4,14H,5H2,1-2H3. The first kappa shape index (κ1) is 13.0. The highest BCUT2D eigenvalue weighted by atomic mass is 32.2. The molecular formula is C11H11F2N3OS. The van der Waals surface area contributed by atoms with Crippen molar-refractivity contribution in [1.29, 1.82) is 0 Å². The van der Waals surface area contributed by atoms with Gasteiger partial charge < -0.3 is 9.73 Å². The van der Waals surface area contributed by atoms with Crippen molar-refractivity contribution in [3.05, 3.63) is 35.2 Å². The van der Waals surface area contributed by atoms with Crippen LogP contribution in [-0.4, -0.2) is 17.2 Å². The zero-order valence-corrected chi connectivity index (χ0v) is 10.6. The van der Waals surface area contributed by atoms with Gasteiger partial charge in [0.25, 0.3) is 5.22 Å². The lowest BCUT2D eigenvalue weighted by Crippen LogP contribution is -2.06. The lowest BCUT2D eigenvalue weighted by Gasteiger charge is -2.05. The molecular weight excluding hydrogens is 260 g/mol. The highest BCUT2D eigenvalue weighted by Gasteiger charge is 2.15. The van der Waals surface area contributed by atoms with E-state index in [0.717, 1.165) is 11.8 Å². The number of hydrogen-bond acceptors (Lipinski definition) is 5. The van der Waals surface area contributed by atoms with E-state index in [4.69, 9.17) is 4.42 Å². The molecule has 7 heteroatoms. The quantitative estimate of drug-likeness (QED) is 0.926. The second kappa shape index (κ2) is 5.45. The van der Waals surface area contributed by atoms with Crippen molar-refractivity contribution < 1.29 is 13.2 Å². The van der Waals surface area contributed by atoms with E-state index in [0.29, 0.717) is 18.0 Å². The molecule has 0 radical (unpaired) electrons. The van der Waals surface area contributed by atoms with E-state index in [1.807, 2.05) is 0 Å². The van der Waals surface area contributed by atoms with Crippen LogP contribution in [0, 0.1) is 18.6 Å². The van der Waals surface area contributed by atoms with E-state index in [1.165, 1.54) is 12.1 Å². The summed E-state index contributed by atoms with van der Waals surface area (Å²) in [6, 6.07) is 2.57. The largest absolute Gasteiger partial charge is 0.416 e. The number of aryl methyl sites for hydroxylation is 1. The summed E-state index contributed by atoms with van der Waals surface area (Å²) in [4.78, 5) is -0.140. The number of rotatable bonds is 4. The predicted molar refractivity (Wildman–Crippen MR) is 62.3 cm³/mol. The molecule has 0 unspecified atom stereocenters. The SMILES string of the molecule is CNCc1cc(F)c(Sc2nnc(C)o2)c(F)c1. The number of nitrogens with zero attached hydrogens (tertiary/aromatic N) is 2. The van der Waals surface area contributed by atoms with Crippen LogP contribution in [0.5, 0.6) is 0 Å². The maximum absolute atomic E-state index is 13.7. The number of halogens is 2. The third-order valence-electron chi connectivity index (χ3n) is 2.14. The number of aromatic nitrogens is 2. The van der Waals surface area contributed by atoms with E-state index in [9.17, 15) is 8.78 Å². The van der Waals surface area contributed by atoms with Crippen molar-refractivity contribution in [2.24, 2.45) is 0 Å². The van der Waals surface area contributed by atoms with E-state index in [1.54, 1.807) is 14.0 Å². The van der Waals surface area contributed by atoms with Crippen molar-refractivity contribution in [2.45, 2.75) is 23.6 Å². The first-order valence-corrected chi connectivity index (χ1v) is 6.02. The molecule has 0 aliphatic heterocycles. The Bertz CT molecular complexity index is 536. The third kappa shape index (κ3) is 2.85. The van der Waals surface area contributed by atoms with Gasteiger partial charge in [0.2, 0.25) is 5.89 Å². The van der Waals surface area contributed by atoms with Gasteiger partial charge in [-0.05, 0) is 36.5 Å². The molecule has 1 heterocycles. The van der Waals surface area contributed by atoms with Gasteiger partial charge in [-0.1, -0.05) is 0 Å². The number of hydrogen-bond donors (Lipinski definition) is 1. The molecule has 96 valence electrons. The fourth-order valence-corrected chi connectivity index (χ4v) is 2.15. The Morgan fingerprint density at radius 2 is 1.94 bits per heavy atom. The van der Waals surface area contributed by atoms with Crippen LogP contribution in [0.3, 0.4) is 0 Å². The summed E-state index contributed by atoms with van der Waals surface area (Å²) in [6.45, 7) is 2.01. The monoisotopic (exact) mass is 271 g/mol. The minimum absolute atomic E-state index is 0.117. The molecule has 0 spiro atoms. The average molecular weight is 271 g/mol. The maximum atomic E-state index is 13.7. The van der Waals surface area contributed by atoms with Crippen molar-refractivity contribution in [3.63, 3.8) is 0 Å². The van der Waals surface area contributed by atoms with Gasteiger partial charge in [-0.3, -0.25) is 0 Å². The molecule has 18 heavy (non-hydrogen) atoms. The maximum Gasteiger partial charge on any atom is 0.281 e. The molecule has 2 rings (SSSR count). The summed E-state index contributed by atoms with van der Waals surface area (Å²) in [7, 11) is 1.71. The molecule has 1 aromatic heterocycles. The van der Waals surface area contributed by atoms with Crippen molar-refractivity contribution in [3.8, 4) is 0 Å². The second-order valence-corrected chi connectivity index (χ2v) is 4.57. The number of benzene rings is 1. The van der Waals surface area contributed by atoms with Gasteiger partial charge in [-0.2, -0.15) is 0 Å². The molecule has 1 aromatic carbocycles. The molecule has 0 bridgehead atoms. The topological polar surface area (TPSA) is 51.0 Å². The molecule has 0 fully saturated rings. The van der Waals surface area contributed by atoms with Gasteiger partial charge in [0.1, 0.15) is 11.6 Å². The van der Waals surface area contributed by atoms with Gasteiger partial charge in [0.15, 0.2) is 0 Å². The molecule has 0 amide bonds. The summed E-state index contributed by atoms with van der Waals surface area (Å²) in [6.07, 6.45) is 0. The van der Waals surface area contributed by atoms with Crippen LogP contribution >= 0.6 is 11.8 Å². The normalized spacial score (nSPS) is 10.9. The zero-order valence-electron chi connectivity index (χ0n) is 9.83. The minimum atomic E-state index is -0.638. The lowest BCUT2D eigenvalue weighted by atomic mass is 10.2. The molecule has 2 aromatic rings. The molecule has 1 N–H and O–H groups in total. The molecule has 4 nitrogen and oxygen atoms in total.